The SMILES string of the molecule is Cc1cc([N+](=O)[O-])c(Cl)cc1NCC1CCCCN1. The summed E-state index contributed by atoms with van der Waals surface area (Å²) in [6.45, 7) is 3.72. The molecule has 2 rings (SSSR count). The number of rotatable bonds is 4. The Hall–Kier alpha value is -1.33. The smallest absolute Gasteiger partial charge is 0.288 e. The van der Waals surface area contributed by atoms with E-state index in [1.165, 1.54) is 18.9 Å². The van der Waals surface area contributed by atoms with E-state index in [2.05, 4.69) is 10.6 Å². The maximum atomic E-state index is 10.8. The third kappa shape index (κ3) is 3.58. The second kappa shape index (κ2) is 6.21. The van der Waals surface area contributed by atoms with E-state index in [-0.39, 0.29) is 10.7 Å². The summed E-state index contributed by atoms with van der Waals surface area (Å²) in [6.07, 6.45) is 3.64. The van der Waals surface area contributed by atoms with E-state index in [1.807, 2.05) is 6.92 Å². The van der Waals surface area contributed by atoms with Crippen LogP contribution in [0.15, 0.2) is 12.1 Å². The number of nitro benzene ring substituents is 1. The van der Waals surface area contributed by atoms with E-state index < -0.39 is 4.92 Å². The first-order valence-electron chi connectivity index (χ1n) is 6.49. The van der Waals surface area contributed by atoms with E-state index >= 15 is 0 Å². The third-order valence-electron chi connectivity index (χ3n) is 3.44. The van der Waals surface area contributed by atoms with Crippen LogP contribution in [-0.2, 0) is 0 Å². The molecule has 1 aromatic carbocycles. The molecule has 1 aromatic rings. The maximum absolute atomic E-state index is 10.8. The molecule has 0 saturated carbocycles. The Balaban J connectivity index is 2.04. The van der Waals surface area contributed by atoms with Crippen molar-refractivity contribution in [3.8, 4) is 0 Å². The third-order valence-corrected chi connectivity index (χ3v) is 3.74. The number of piperidine rings is 1. The molecule has 0 radical (unpaired) electrons. The molecule has 5 nitrogen and oxygen atoms in total. The lowest BCUT2D eigenvalue weighted by atomic mass is 10.0. The fourth-order valence-corrected chi connectivity index (χ4v) is 2.56. The number of anilines is 1. The molecule has 1 heterocycles. The maximum Gasteiger partial charge on any atom is 0.288 e. The Morgan fingerprint density at radius 1 is 1.53 bits per heavy atom. The van der Waals surface area contributed by atoms with Crippen LogP contribution in [-0.4, -0.2) is 24.1 Å². The second-order valence-electron chi connectivity index (χ2n) is 4.90. The number of nitrogens with one attached hydrogen (secondary N) is 2. The Labute approximate surface area is 117 Å². The van der Waals surface area contributed by atoms with Gasteiger partial charge in [0.1, 0.15) is 5.02 Å². The van der Waals surface area contributed by atoms with Crippen LogP contribution in [0, 0.1) is 17.0 Å². The molecule has 0 spiro atoms. The quantitative estimate of drug-likeness (QED) is 0.658. The van der Waals surface area contributed by atoms with Gasteiger partial charge in [-0.15, -0.1) is 0 Å². The zero-order chi connectivity index (χ0) is 13.8. The highest BCUT2D eigenvalue weighted by molar-refractivity contribution is 6.33. The molecule has 0 aromatic heterocycles. The lowest BCUT2D eigenvalue weighted by Crippen LogP contribution is -2.39. The summed E-state index contributed by atoms with van der Waals surface area (Å²) in [7, 11) is 0. The van der Waals surface area contributed by atoms with Gasteiger partial charge in [0.25, 0.3) is 5.69 Å². The highest BCUT2D eigenvalue weighted by atomic mass is 35.5. The van der Waals surface area contributed by atoms with Gasteiger partial charge in [0, 0.05) is 24.3 Å². The van der Waals surface area contributed by atoms with Crippen molar-refractivity contribution in [3.05, 3.63) is 32.8 Å². The molecule has 19 heavy (non-hydrogen) atoms. The van der Waals surface area contributed by atoms with Crippen LogP contribution in [0.3, 0.4) is 0 Å². The van der Waals surface area contributed by atoms with Gasteiger partial charge in [-0.2, -0.15) is 0 Å². The Morgan fingerprint density at radius 2 is 2.32 bits per heavy atom. The number of hydrogen-bond acceptors (Lipinski definition) is 4. The highest BCUT2D eigenvalue weighted by Crippen LogP contribution is 2.30. The Kier molecular flexibility index (Phi) is 4.61. The summed E-state index contributed by atoms with van der Waals surface area (Å²) in [5.74, 6) is 0. The van der Waals surface area contributed by atoms with Crippen LogP contribution >= 0.6 is 11.6 Å². The zero-order valence-corrected chi connectivity index (χ0v) is 11.7. The van der Waals surface area contributed by atoms with E-state index in [9.17, 15) is 10.1 Å². The normalized spacial score (nSPS) is 19.2. The molecular weight excluding hydrogens is 266 g/mol. The minimum atomic E-state index is -0.457. The molecule has 2 N–H and O–H groups in total. The van der Waals surface area contributed by atoms with Crippen LogP contribution in [0.1, 0.15) is 24.8 Å². The van der Waals surface area contributed by atoms with Crippen molar-refractivity contribution in [1.82, 2.24) is 5.32 Å². The molecule has 1 aliphatic heterocycles. The van der Waals surface area contributed by atoms with E-state index in [0.29, 0.717) is 6.04 Å². The van der Waals surface area contributed by atoms with Crippen molar-refractivity contribution in [3.63, 3.8) is 0 Å². The first-order valence-corrected chi connectivity index (χ1v) is 6.87. The van der Waals surface area contributed by atoms with Crippen LogP contribution in [0.2, 0.25) is 5.02 Å². The van der Waals surface area contributed by atoms with E-state index in [1.54, 1.807) is 6.07 Å². The zero-order valence-electron chi connectivity index (χ0n) is 10.9. The molecule has 104 valence electrons. The summed E-state index contributed by atoms with van der Waals surface area (Å²) in [5.41, 5.74) is 1.66. The van der Waals surface area contributed by atoms with Crippen molar-refractivity contribution in [2.24, 2.45) is 0 Å². The average Bonchev–Trinajstić information content (AvgIpc) is 2.40. The van der Waals surface area contributed by atoms with Gasteiger partial charge in [-0.25, -0.2) is 0 Å². The van der Waals surface area contributed by atoms with Crippen molar-refractivity contribution >= 4 is 23.0 Å². The number of benzene rings is 1. The van der Waals surface area contributed by atoms with Gasteiger partial charge in [-0.3, -0.25) is 10.1 Å². The molecule has 1 saturated heterocycles. The number of hydrogen-bond donors (Lipinski definition) is 2. The molecule has 0 amide bonds. The molecule has 1 atom stereocenters. The topological polar surface area (TPSA) is 67.2 Å². The lowest BCUT2D eigenvalue weighted by Gasteiger charge is -2.24. The number of aryl methyl sites for hydroxylation is 1. The van der Waals surface area contributed by atoms with Crippen molar-refractivity contribution in [2.75, 3.05) is 18.4 Å². The predicted octanol–water partition coefficient (Wildman–Crippen LogP) is 3.11. The van der Waals surface area contributed by atoms with Gasteiger partial charge >= 0.3 is 0 Å². The van der Waals surface area contributed by atoms with Gasteiger partial charge in [0.2, 0.25) is 0 Å². The van der Waals surface area contributed by atoms with Crippen molar-refractivity contribution in [1.29, 1.82) is 0 Å². The fourth-order valence-electron chi connectivity index (χ4n) is 2.33. The van der Waals surface area contributed by atoms with Crippen LogP contribution in [0.4, 0.5) is 11.4 Å². The first-order chi connectivity index (χ1) is 9.08. The molecular formula is C13H18ClN3O2. The Morgan fingerprint density at radius 3 is 2.95 bits per heavy atom. The van der Waals surface area contributed by atoms with E-state index in [0.717, 1.165) is 30.8 Å². The minimum absolute atomic E-state index is 0.0412. The van der Waals surface area contributed by atoms with Crippen LogP contribution in [0.25, 0.3) is 0 Å². The lowest BCUT2D eigenvalue weighted by molar-refractivity contribution is -0.384. The Bertz CT molecular complexity index is 473. The molecule has 1 aliphatic rings. The summed E-state index contributed by atoms with van der Waals surface area (Å²) < 4.78 is 0. The number of nitro groups is 1. The van der Waals surface area contributed by atoms with Gasteiger partial charge in [0.05, 0.1) is 4.92 Å². The predicted molar refractivity (Wildman–Crippen MR) is 77.0 cm³/mol. The largest absolute Gasteiger partial charge is 0.383 e. The second-order valence-corrected chi connectivity index (χ2v) is 5.31. The van der Waals surface area contributed by atoms with Crippen LogP contribution < -0.4 is 10.6 Å². The molecule has 1 fully saturated rings. The molecule has 0 aliphatic carbocycles. The summed E-state index contributed by atoms with van der Waals surface area (Å²) in [6, 6.07) is 3.61. The molecule has 6 heteroatoms. The standard InChI is InChI=1S/C13H18ClN3O2/c1-9-6-13(17(18)19)11(14)7-12(9)16-8-10-4-2-3-5-15-10/h6-7,10,15-16H,2-5,8H2,1H3. The summed E-state index contributed by atoms with van der Waals surface area (Å²) in [5, 5.41) is 17.7. The molecule has 0 bridgehead atoms. The van der Waals surface area contributed by atoms with Gasteiger partial charge in [-0.05, 0) is 37.9 Å². The minimum Gasteiger partial charge on any atom is -0.383 e. The summed E-state index contributed by atoms with van der Waals surface area (Å²) >= 11 is 5.92. The van der Waals surface area contributed by atoms with E-state index in [4.69, 9.17) is 11.6 Å². The monoisotopic (exact) mass is 283 g/mol. The molecule has 1 unspecified atom stereocenters. The summed E-state index contributed by atoms with van der Waals surface area (Å²) in [4.78, 5) is 10.3. The fraction of sp³-hybridized carbons (Fsp3) is 0.538. The number of halogens is 1. The first kappa shape index (κ1) is 14.1. The van der Waals surface area contributed by atoms with Gasteiger partial charge in [-0.1, -0.05) is 18.0 Å². The number of nitrogens with zero attached hydrogens (tertiary/aromatic N) is 1. The van der Waals surface area contributed by atoms with Crippen molar-refractivity contribution in [2.45, 2.75) is 32.2 Å². The highest BCUT2D eigenvalue weighted by Gasteiger charge is 2.16. The van der Waals surface area contributed by atoms with Crippen molar-refractivity contribution < 1.29 is 4.92 Å². The average molecular weight is 284 g/mol. The van der Waals surface area contributed by atoms with Gasteiger partial charge < -0.3 is 10.6 Å². The van der Waals surface area contributed by atoms with Crippen LogP contribution in [0.5, 0.6) is 0 Å². The van der Waals surface area contributed by atoms with Gasteiger partial charge in [0.15, 0.2) is 0 Å².